The van der Waals surface area contributed by atoms with Gasteiger partial charge in [-0.25, -0.2) is 4.98 Å². The van der Waals surface area contributed by atoms with E-state index in [0.29, 0.717) is 18.5 Å². The molecule has 0 saturated heterocycles. The molecule has 0 amide bonds. The van der Waals surface area contributed by atoms with Crippen molar-refractivity contribution in [2.75, 3.05) is 6.54 Å². The topological polar surface area (TPSA) is 79.1 Å². The van der Waals surface area contributed by atoms with Crippen molar-refractivity contribution in [1.82, 2.24) is 15.3 Å². The quantitative estimate of drug-likeness (QED) is 0.373. The molecule has 0 saturated carbocycles. The van der Waals surface area contributed by atoms with Gasteiger partial charge in [-0.1, -0.05) is 38.8 Å². The predicted molar refractivity (Wildman–Crippen MR) is 102 cm³/mol. The van der Waals surface area contributed by atoms with Gasteiger partial charge in [0.15, 0.2) is 5.96 Å². The van der Waals surface area contributed by atoms with Crippen LogP contribution in [0, 0.1) is 5.92 Å². The summed E-state index contributed by atoms with van der Waals surface area (Å²) in [5.41, 5.74) is 8.07. The van der Waals surface area contributed by atoms with Gasteiger partial charge < -0.3 is 16.0 Å². The summed E-state index contributed by atoms with van der Waals surface area (Å²) < 4.78 is 0. The van der Waals surface area contributed by atoms with E-state index in [2.05, 4.69) is 41.0 Å². The minimum atomic E-state index is 0.378. The Labute approximate surface area is 145 Å². The maximum Gasteiger partial charge on any atom is 0.188 e. The van der Waals surface area contributed by atoms with Crippen molar-refractivity contribution in [3.05, 3.63) is 30.1 Å². The Kier molecular flexibility index (Phi) is 7.09. The molecular weight excluding hydrogens is 298 g/mol. The third-order valence-corrected chi connectivity index (χ3v) is 4.11. The number of nitrogens with two attached hydrogens (primary N) is 1. The van der Waals surface area contributed by atoms with Crippen molar-refractivity contribution < 1.29 is 0 Å². The number of imidazole rings is 1. The van der Waals surface area contributed by atoms with E-state index >= 15 is 0 Å². The number of fused-ring (bicyclic) bond motifs is 1. The van der Waals surface area contributed by atoms with Crippen LogP contribution in [0.15, 0.2) is 29.3 Å². The van der Waals surface area contributed by atoms with Gasteiger partial charge in [0.1, 0.15) is 5.82 Å². The number of H-pyrrole nitrogens is 1. The third kappa shape index (κ3) is 6.22. The van der Waals surface area contributed by atoms with Crippen LogP contribution in [-0.2, 0) is 6.42 Å². The van der Waals surface area contributed by atoms with Crippen LogP contribution in [0.3, 0.4) is 0 Å². The maximum atomic E-state index is 5.96. The highest BCUT2D eigenvalue weighted by atomic mass is 15.1. The van der Waals surface area contributed by atoms with Crippen LogP contribution in [-0.4, -0.2) is 28.5 Å². The van der Waals surface area contributed by atoms with E-state index in [9.17, 15) is 0 Å². The van der Waals surface area contributed by atoms with Crippen molar-refractivity contribution in [2.24, 2.45) is 16.6 Å². The van der Waals surface area contributed by atoms with Gasteiger partial charge in [-0.2, -0.15) is 0 Å². The van der Waals surface area contributed by atoms with E-state index in [1.807, 2.05) is 24.3 Å². The molecule has 1 aromatic carbocycles. The number of nitrogens with zero attached hydrogens (tertiary/aromatic N) is 2. The van der Waals surface area contributed by atoms with Crippen molar-refractivity contribution in [3.63, 3.8) is 0 Å². The highest BCUT2D eigenvalue weighted by Crippen LogP contribution is 2.11. The first kappa shape index (κ1) is 18.3. The van der Waals surface area contributed by atoms with E-state index in [-0.39, 0.29) is 0 Å². The highest BCUT2D eigenvalue weighted by molar-refractivity contribution is 5.78. The minimum Gasteiger partial charge on any atom is -0.370 e. The molecule has 1 aromatic heterocycles. The molecule has 0 bridgehead atoms. The average Bonchev–Trinajstić information content (AvgIpc) is 2.94. The lowest BCUT2D eigenvalue weighted by atomic mass is 10.0. The van der Waals surface area contributed by atoms with Crippen LogP contribution >= 0.6 is 0 Å². The number of aryl methyl sites for hydroxylation is 1. The number of benzene rings is 1. The molecule has 5 nitrogen and oxygen atoms in total. The van der Waals surface area contributed by atoms with Gasteiger partial charge in [-0.15, -0.1) is 0 Å². The normalized spacial score (nSPS) is 13.6. The Hall–Kier alpha value is -2.04. The van der Waals surface area contributed by atoms with Gasteiger partial charge in [0.25, 0.3) is 0 Å². The molecule has 24 heavy (non-hydrogen) atoms. The van der Waals surface area contributed by atoms with Gasteiger partial charge in [-0.05, 0) is 37.8 Å². The smallest absolute Gasteiger partial charge is 0.188 e. The second-order valence-corrected chi connectivity index (χ2v) is 6.94. The van der Waals surface area contributed by atoms with Crippen LogP contribution in [0.1, 0.15) is 52.3 Å². The van der Waals surface area contributed by atoms with Crippen LogP contribution in [0.5, 0.6) is 0 Å². The first-order valence-corrected chi connectivity index (χ1v) is 9.04. The number of nitrogens with one attached hydrogen (secondary N) is 2. The summed E-state index contributed by atoms with van der Waals surface area (Å²) in [6.45, 7) is 7.40. The third-order valence-electron chi connectivity index (χ3n) is 4.11. The van der Waals surface area contributed by atoms with E-state index in [1.54, 1.807) is 0 Å². The number of rotatable bonds is 9. The fourth-order valence-corrected chi connectivity index (χ4v) is 2.77. The Bertz CT molecular complexity index is 611. The Morgan fingerprint density at radius 3 is 2.75 bits per heavy atom. The molecule has 0 aliphatic carbocycles. The van der Waals surface area contributed by atoms with Gasteiger partial charge in [0.05, 0.1) is 11.0 Å². The fraction of sp³-hybridized carbons (Fsp3) is 0.579. The second kappa shape index (κ2) is 9.30. The van der Waals surface area contributed by atoms with Crippen LogP contribution < -0.4 is 11.1 Å². The summed E-state index contributed by atoms with van der Waals surface area (Å²) in [7, 11) is 0. The van der Waals surface area contributed by atoms with Gasteiger partial charge in [0.2, 0.25) is 0 Å². The number of para-hydroxylation sites is 2. The molecule has 2 aromatic rings. The average molecular weight is 329 g/mol. The monoisotopic (exact) mass is 329 g/mol. The van der Waals surface area contributed by atoms with Crippen molar-refractivity contribution in [2.45, 2.75) is 58.9 Å². The number of hydrogen-bond acceptors (Lipinski definition) is 2. The van der Waals surface area contributed by atoms with E-state index < -0.39 is 0 Å². The van der Waals surface area contributed by atoms with Gasteiger partial charge >= 0.3 is 0 Å². The molecule has 132 valence electrons. The molecule has 1 atom stereocenters. The molecule has 2 rings (SSSR count). The van der Waals surface area contributed by atoms with Crippen LogP contribution in [0.2, 0.25) is 0 Å². The van der Waals surface area contributed by atoms with Crippen molar-refractivity contribution in [3.8, 4) is 0 Å². The molecule has 5 heteroatoms. The number of aromatic amines is 1. The van der Waals surface area contributed by atoms with Gasteiger partial charge in [0, 0.05) is 19.0 Å². The Morgan fingerprint density at radius 1 is 1.21 bits per heavy atom. The first-order valence-electron chi connectivity index (χ1n) is 9.04. The molecule has 0 aliphatic rings. The zero-order valence-electron chi connectivity index (χ0n) is 15.2. The largest absolute Gasteiger partial charge is 0.370 e. The molecule has 1 heterocycles. The summed E-state index contributed by atoms with van der Waals surface area (Å²) in [6.07, 6.45) is 5.44. The second-order valence-electron chi connectivity index (χ2n) is 6.94. The number of guanidine groups is 1. The molecular formula is C19H31N5. The van der Waals surface area contributed by atoms with Crippen LogP contribution in [0.25, 0.3) is 11.0 Å². The summed E-state index contributed by atoms with van der Waals surface area (Å²) in [5.74, 6) is 2.33. The molecule has 0 aliphatic heterocycles. The molecule has 0 spiro atoms. The SMILES string of the molecule is CC(C)CCCC(C)NC(N)=NCCCc1nc2ccccc2[nH]1. The summed E-state index contributed by atoms with van der Waals surface area (Å²) in [4.78, 5) is 12.3. The van der Waals surface area contributed by atoms with E-state index in [1.165, 1.54) is 12.8 Å². The first-order chi connectivity index (χ1) is 11.5. The Morgan fingerprint density at radius 2 is 2.00 bits per heavy atom. The molecule has 0 radical (unpaired) electrons. The maximum absolute atomic E-state index is 5.96. The number of aliphatic imine (C=N–C) groups is 1. The van der Waals surface area contributed by atoms with Crippen LogP contribution in [0.4, 0.5) is 0 Å². The lowest BCUT2D eigenvalue weighted by Crippen LogP contribution is -2.38. The predicted octanol–water partition coefficient (Wildman–Crippen LogP) is 3.61. The number of aromatic nitrogens is 2. The standard InChI is InChI=1S/C19H31N5/c1-14(2)8-6-9-15(3)22-19(20)21-13-7-12-18-23-16-10-4-5-11-17(16)24-18/h4-5,10-11,14-15H,6-9,12-13H2,1-3H3,(H,23,24)(H3,20,21,22). The lowest BCUT2D eigenvalue weighted by molar-refractivity contribution is 0.493. The zero-order valence-corrected chi connectivity index (χ0v) is 15.2. The molecule has 1 unspecified atom stereocenters. The molecule has 0 fully saturated rings. The molecule has 4 N–H and O–H groups in total. The minimum absolute atomic E-state index is 0.378. The van der Waals surface area contributed by atoms with Crippen molar-refractivity contribution in [1.29, 1.82) is 0 Å². The Balaban J connectivity index is 1.67. The number of hydrogen-bond donors (Lipinski definition) is 3. The summed E-state index contributed by atoms with van der Waals surface area (Å²) >= 11 is 0. The van der Waals surface area contributed by atoms with Gasteiger partial charge in [-0.3, -0.25) is 4.99 Å². The summed E-state index contributed by atoms with van der Waals surface area (Å²) in [5, 5.41) is 3.28. The highest BCUT2D eigenvalue weighted by Gasteiger charge is 2.04. The lowest BCUT2D eigenvalue weighted by Gasteiger charge is -2.15. The van der Waals surface area contributed by atoms with E-state index in [4.69, 9.17) is 5.73 Å². The fourth-order valence-electron chi connectivity index (χ4n) is 2.77. The van der Waals surface area contributed by atoms with Crippen molar-refractivity contribution >= 4 is 17.0 Å². The summed E-state index contributed by atoms with van der Waals surface area (Å²) in [6, 6.07) is 8.47. The zero-order chi connectivity index (χ0) is 17.4. The van der Waals surface area contributed by atoms with E-state index in [0.717, 1.165) is 42.0 Å².